The van der Waals surface area contributed by atoms with E-state index in [0.717, 1.165) is 5.56 Å². The number of hydrogen-bond acceptors (Lipinski definition) is 1. The Morgan fingerprint density at radius 2 is 1.65 bits per heavy atom. The van der Waals surface area contributed by atoms with Gasteiger partial charge in [-0.05, 0) is 51.2 Å². The minimum Gasteiger partial charge on any atom is -0.207 e. The summed E-state index contributed by atoms with van der Waals surface area (Å²) in [6.45, 7) is 6.72. The molecule has 1 heterocycles. The molecule has 0 aliphatic heterocycles. The predicted molar refractivity (Wildman–Crippen MR) is 96.4 cm³/mol. The summed E-state index contributed by atoms with van der Waals surface area (Å²) in [4.78, 5) is 1.29. The zero-order chi connectivity index (χ0) is 16.2. The predicted octanol–water partition coefficient (Wildman–Crippen LogP) is 6.71. The standard InChI is InChI=1S/C21H19FS/c1-21(2,3)19-15-6-4-5-7-16(15)20-17(10-11-23-20)14-9-8-13(22)12-18(14)19/h4-12,19H,1-3H3. The molecule has 0 bridgehead atoms. The normalized spacial score (nSPS) is 16.3. The Labute approximate surface area is 140 Å². The Hall–Kier alpha value is -1.93. The maximum Gasteiger partial charge on any atom is 0.123 e. The molecule has 0 fully saturated rings. The monoisotopic (exact) mass is 322 g/mol. The van der Waals surface area contributed by atoms with E-state index in [1.54, 1.807) is 23.5 Å². The van der Waals surface area contributed by atoms with E-state index in [1.165, 1.54) is 27.1 Å². The number of rotatable bonds is 0. The van der Waals surface area contributed by atoms with E-state index in [0.29, 0.717) is 0 Å². The van der Waals surface area contributed by atoms with Crippen molar-refractivity contribution in [3.8, 4) is 21.6 Å². The SMILES string of the molecule is CC(C)(C)C1c2cc(F)ccc2-c2ccsc2-c2ccccc21. The zero-order valence-electron chi connectivity index (χ0n) is 13.6. The van der Waals surface area contributed by atoms with Crippen LogP contribution in [0.3, 0.4) is 0 Å². The van der Waals surface area contributed by atoms with Crippen molar-refractivity contribution in [2.24, 2.45) is 5.41 Å². The molecule has 0 N–H and O–H groups in total. The first-order chi connectivity index (χ1) is 11.0. The number of benzene rings is 2. The number of halogens is 1. The molecule has 0 nitrogen and oxygen atoms in total. The van der Waals surface area contributed by atoms with Crippen molar-refractivity contribution >= 4 is 11.3 Å². The van der Waals surface area contributed by atoms with Crippen LogP contribution in [0.1, 0.15) is 37.8 Å². The van der Waals surface area contributed by atoms with Gasteiger partial charge in [-0.3, -0.25) is 0 Å². The van der Waals surface area contributed by atoms with Crippen molar-refractivity contribution in [1.82, 2.24) is 0 Å². The van der Waals surface area contributed by atoms with Gasteiger partial charge in [-0.25, -0.2) is 4.39 Å². The van der Waals surface area contributed by atoms with Gasteiger partial charge in [-0.1, -0.05) is 51.1 Å². The number of fused-ring (bicyclic) bond motifs is 5. The number of hydrogen-bond donors (Lipinski definition) is 0. The molecule has 0 radical (unpaired) electrons. The highest BCUT2D eigenvalue weighted by Gasteiger charge is 2.35. The fraction of sp³-hybridized carbons (Fsp3) is 0.238. The lowest BCUT2D eigenvalue weighted by Gasteiger charge is -2.33. The van der Waals surface area contributed by atoms with Crippen LogP contribution in [0, 0.1) is 11.2 Å². The third kappa shape index (κ3) is 2.24. The maximum atomic E-state index is 14.1. The van der Waals surface area contributed by atoms with E-state index in [2.05, 4.69) is 56.5 Å². The molecule has 23 heavy (non-hydrogen) atoms. The molecular weight excluding hydrogens is 303 g/mol. The molecule has 0 spiro atoms. The van der Waals surface area contributed by atoms with Gasteiger partial charge in [-0.15, -0.1) is 11.3 Å². The van der Waals surface area contributed by atoms with Crippen LogP contribution in [-0.4, -0.2) is 0 Å². The third-order valence-electron chi connectivity index (χ3n) is 4.66. The van der Waals surface area contributed by atoms with Gasteiger partial charge in [0.25, 0.3) is 0 Å². The summed E-state index contributed by atoms with van der Waals surface area (Å²) < 4.78 is 14.1. The first-order valence-electron chi connectivity index (χ1n) is 7.93. The third-order valence-corrected chi connectivity index (χ3v) is 5.61. The first-order valence-corrected chi connectivity index (χ1v) is 8.81. The summed E-state index contributed by atoms with van der Waals surface area (Å²) in [5, 5.41) is 2.13. The van der Waals surface area contributed by atoms with E-state index in [9.17, 15) is 4.39 Å². The summed E-state index contributed by atoms with van der Waals surface area (Å²) in [6.07, 6.45) is 0. The van der Waals surface area contributed by atoms with Crippen molar-refractivity contribution in [3.05, 3.63) is 70.9 Å². The Kier molecular flexibility index (Phi) is 3.21. The van der Waals surface area contributed by atoms with Gasteiger partial charge >= 0.3 is 0 Å². The van der Waals surface area contributed by atoms with Crippen molar-refractivity contribution in [2.45, 2.75) is 26.7 Å². The van der Waals surface area contributed by atoms with Crippen LogP contribution in [0.4, 0.5) is 4.39 Å². The molecule has 1 atom stereocenters. The van der Waals surface area contributed by atoms with Crippen LogP contribution in [-0.2, 0) is 0 Å². The van der Waals surface area contributed by atoms with E-state index in [4.69, 9.17) is 0 Å². The fourth-order valence-corrected chi connectivity index (χ4v) is 4.76. The highest BCUT2D eigenvalue weighted by atomic mass is 32.1. The molecule has 0 saturated heterocycles. The average molecular weight is 322 g/mol. The molecule has 1 unspecified atom stereocenters. The second-order valence-corrected chi connectivity index (χ2v) is 8.20. The van der Waals surface area contributed by atoms with Gasteiger partial charge in [0.1, 0.15) is 5.82 Å². The molecule has 0 saturated carbocycles. The van der Waals surface area contributed by atoms with Crippen LogP contribution in [0.2, 0.25) is 0 Å². The lowest BCUT2D eigenvalue weighted by molar-refractivity contribution is 0.359. The van der Waals surface area contributed by atoms with Crippen LogP contribution < -0.4 is 0 Å². The van der Waals surface area contributed by atoms with Crippen molar-refractivity contribution in [3.63, 3.8) is 0 Å². The van der Waals surface area contributed by atoms with Gasteiger partial charge in [-0.2, -0.15) is 0 Å². The van der Waals surface area contributed by atoms with Crippen molar-refractivity contribution in [1.29, 1.82) is 0 Å². The van der Waals surface area contributed by atoms with Crippen LogP contribution in [0.5, 0.6) is 0 Å². The zero-order valence-corrected chi connectivity index (χ0v) is 14.4. The quantitative estimate of drug-likeness (QED) is 0.431. The summed E-state index contributed by atoms with van der Waals surface area (Å²) in [7, 11) is 0. The van der Waals surface area contributed by atoms with Crippen LogP contribution in [0.25, 0.3) is 21.6 Å². The average Bonchev–Trinajstić information content (AvgIpc) is 2.92. The summed E-state index contributed by atoms with van der Waals surface area (Å²) in [5.41, 5.74) is 6.08. The van der Waals surface area contributed by atoms with E-state index < -0.39 is 0 Å². The second-order valence-electron chi connectivity index (χ2n) is 7.28. The Bertz CT molecular complexity index is 883. The topological polar surface area (TPSA) is 0 Å². The summed E-state index contributed by atoms with van der Waals surface area (Å²) in [5.74, 6) is 0.0122. The Morgan fingerprint density at radius 3 is 2.43 bits per heavy atom. The summed E-state index contributed by atoms with van der Waals surface area (Å²) >= 11 is 1.77. The van der Waals surface area contributed by atoms with Gasteiger partial charge in [0.2, 0.25) is 0 Å². The molecule has 1 aliphatic carbocycles. The van der Waals surface area contributed by atoms with Gasteiger partial charge in [0, 0.05) is 16.4 Å². The lowest BCUT2D eigenvalue weighted by Crippen LogP contribution is -2.20. The Balaban J connectivity index is 2.15. The van der Waals surface area contributed by atoms with E-state index in [-0.39, 0.29) is 17.2 Å². The minimum absolute atomic E-state index is 0.00673. The largest absolute Gasteiger partial charge is 0.207 e. The van der Waals surface area contributed by atoms with Gasteiger partial charge in [0.05, 0.1) is 0 Å². The molecule has 2 aromatic carbocycles. The maximum absolute atomic E-state index is 14.1. The molecule has 1 aromatic heterocycles. The van der Waals surface area contributed by atoms with Crippen molar-refractivity contribution in [2.75, 3.05) is 0 Å². The highest BCUT2D eigenvalue weighted by molar-refractivity contribution is 7.14. The molecule has 116 valence electrons. The fourth-order valence-electron chi connectivity index (χ4n) is 3.80. The van der Waals surface area contributed by atoms with Crippen LogP contribution in [0.15, 0.2) is 53.9 Å². The van der Waals surface area contributed by atoms with E-state index in [1.807, 2.05) is 6.07 Å². The van der Waals surface area contributed by atoms with Gasteiger partial charge < -0.3 is 0 Å². The Morgan fingerprint density at radius 1 is 0.870 bits per heavy atom. The summed E-state index contributed by atoms with van der Waals surface area (Å²) in [6, 6.07) is 16.0. The van der Waals surface area contributed by atoms with Gasteiger partial charge in [0.15, 0.2) is 0 Å². The molecular formula is C21H19FS. The second kappa shape index (κ2) is 5.04. The lowest BCUT2D eigenvalue weighted by atomic mass is 9.71. The minimum atomic E-state index is -0.158. The molecule has 2 heteroatoms. The van der Waals surface area contributed by atoms with Crippen molar-refractivity contribution < 1.29 is 4.39 Å². The molecule has 3 aromatic rings. The number of thiophene rings is 1. The molecule has 4 rings (SSSR count). The van der Waals surface area contributed by atoms with Crippen LogP contribution >= 0.6 is 11.3 Å². The van der Waals surface area contributed by atoms with E-state index >= 15 is 0 Å². The molecule has 1 aliphatic rings. The first kappa shape index (κ1) is 14.6. The highest BCUT2D eigenvalue weighted by Crippen LogP contribution is 2.53. The smallest absolute Gasteiger partial charge is 0.123 e. The molecule has 0 amide bonds.